The van der Waals surface area contributed by atoms with E-state index in [4.69, 9.17) is 14.2 Å². The second-order valence-electron chi connectivity index (χ2n) is 3.36. The minimum Gasteiger partial charge on any atom is -0.429 e. The third kappa shape index (κ3) is 2.55. The molecule has 15 heavy (non-hydrogen) atoms. The summed E-state index contributed by atoms with van der Waals surface area (Å²) in [6.07, 6.45) is -0.571. The third-order valence-corrected chi connectivity index (χ3v) is 2.08. The number of hydrogen-bond donors (Lipinski definition) is 0. The average Bonchev–Trinajstić information content (AvgIpc) is 2.70. The standard InChI is InChI=1S/C11H12O4/c1-8-3-2-4-9(5-8)11(12)15-10-6-13-7-14-10/h2-5,10H,6-7H2,1H3. The summed E-state index contributed by atoms with van der Waals surface area (Å²) in [7, 11) is 0. The number of ether oxygens (including phenoxy) is 3. The lowest BCUT2D eigenvalue weighted by atomic mass is 10.1. The summed E-state index contributed by atoms with van der Waals surface area (Å²) in [5.41, 5.74) is 1.55. The predicted octanol–water partition coefficient (Wildman–Crippen LogP) is 1.48. The fraction of sp³-hybridized carbons (Fsp3) is 0.364. The lowest BCUT2D eigenvalue weighted by Crippen LogP contribution is -2.19. The van der Waals surface area contributed by atoms with Gasteiger partial charge in [-0.25, -0.2) is 4.79 Å². The van der Waals surface area contributed by atoms with E-state index in [0.717, 1.165) is 5.56 Å². The van der Waals surface area contributed by atoms with Gasteiger partial charge < -0.3 is 14.2 Å². The number of carbonyl (C=O) groups is 1. The van der Waals surface area contributed by atoms with E-state index in [1.165, 1.54) is 0 Å². The Bertz CT molecular complexity index is 355. The summed E-state index contributed by atoms with van der Waals surface area (Å²) in [6, 6.07) is 7.23. The quantitative estimate of drug-likeness (QED) is 0.690. The van der Waals surface area contributed by atoms with Crippen molar-refractivity contribution in [3.8, 4) is 0 Å². The van der Waals surface area contributed by atoms with Crippen LogP contribution in [0.4, 0.5) is 0 Å². The van der Waals surface area contributed by atoms with Gasteiger partial charge in [-0.2, -0.15) is 0 Å². The van der Waals surface area contributed by atoms with Gasteiger partial charge in [-0.3, -0.25) is 0 Å². The Balaban J connectivity index is 2.01. The Morgan fingerprint density at radius 3 is 3.07 bits per heavy atom. The Labute approximate surface area is 87.8 Å². The van der Waals surface area contributed by atoms with Crippen LogP contribution in [-0.2, 0) is 14.2 Å². The van der Waals surface area contributed by atoms with Gasteiger partial charge in [-0.05, 0) is 19.1 Å². The van der Waals surface area contributed by atoms with E-state index < -0.39 is 6.29 Å². The second-order valence-corrected chi connectivity index (χ2v) is 3.36. The van der Waals surface area contributed by atoms with Gasteiger partial charge in [0.15, 0.2) is 6.79 Å². The molecule has 1 aliphatic rings. The molecule has 80 valence electrons. The monoisotopic (exact) mass is 208 g/mol. The van der Waals surface area contributed by atoms with Crippen molar-refractivity contribution < 1.29 is 19.0 Å². The maximum atomic E-state index is 11.6. The van der Waals surface area contributed by atoms with E-state index in [1.807, 2.05) is 19.1 Å². The molecule has 1 aliphatic heterocycles. The van der Waals surface area contributed by atoms with Crippen LogP contribution < -0.4 is 0 Å². The van der Waals surface area contributed by atoms with Gasteiger partial charge in [0.05, 0.1) is 5.56 Å². The molecule has 4 heteroatoms. The van der Waals surface area contributed by atoms with Crippen LogP contribution in [0.15, 0.2) is 24.3 Å². The first-order valence-electron chi connectivity index (χ1n) is 4.73. The van der Waals surface area contributed by atoms with Gasteiger partial charge in [0.1, 0.15) is 6.61 Å². The van der Waals surface area contributed by atoms with Crippen LogP contribution in [0.1, 0.15) is 15.9 Å². The van der Waals surface area contributed by atoms with Gasteiger partial charge in [-0.1, -0.05) is 17.7 Å². The number of hydrogen-bond acceptors (Lipinski definition) is 4. The van der Waals surface area contributed by atoms with Crippen molar-refractivity contribution in [2.24, 2.45) is 0 Å². The predicted molar refractivity (Wildman–Crippen MR) is 52.3 cm³/mol. The number of aryl methyl sites for hydroxylation is 1. The van der Waals surface area contributed by atoms with Crippen molar-refractivity contribution in [2.75, 3.05) is 13.4 Å². The summed E-state index contributed by atoms with van der Waals surface area (Å²) >= 11 is 0. The molecule has 1 aromatic carbocycles. The molecule has 1 fully saturated rings. The summed E-state index contributed by atoms with van der Waals surface area (Å²) < 4.78 is 15.0. The molecule has 0 N–H and O–H groups in total. The van der Waals surface area contributed by atoms with E-state index in [9.17, 15) is 4.79 Å². The van der Waals surface area contributed by atoms with Gasteiger partial charge in [0.25, 0.3) is 0 Å². The van der Waals surface area contributed by atoms with Crippen LogP contribution in [-0.4, -0.2) is 25.7 Å². The van der Waals surface area contributed by atoms with E-state index in [2.05, 4.69) is 0 Å². The van der Waals surface area contributed by atoms with Crippen LogP contribution in [0.5, 0.6) is 0 Å². The highest BCUT2D eigenvalue weighted by molar-refractivity contribution is 5.89. The Morgan fingerprint density at radius 1 is 1.53 bits per heavy atom. The molecule has 0 bridgehead atoms. The Morgan fingerprint density at radius 2 is 2.40 bits per heavy atom. The third-order valence-electron chi connectivity index (χ3n) is 2.08. The highest BCUT2D eigenvalue weighted by atomic mass is 16.8. The molecule has 2 rings (SSSR count). The molecular weight excluding hydrogens is 196 g/mol. The van der Waals surface area contributed by atoms with Gasteiger partial charge in [-0.15, -0.1) is 0 Å². The van der Waals surface area contributed by atoms with Crippen LogP contribution >= 0.6 is 0 Å². The molecule has 1 saturated heterocycles. The normalized spacial score (nSPS) is 20.2. The minimum absolute atomic E-state index is 0.186. The molecule has 1 atom stereocenters. The second kappa shape index (κ2) is 4.42. The molecule has 1 heterocycles. The van der Waals surface area contributed by atoms with E-state index in [1.54, 1.807) is 12.1 Å². The van der Waals surface area contributed by atoms with E-state index >= 15 is 0 Å². The zero-order valence-corrected chi connectivity index (χ0v) is 8.43. The largest absolute Gasteiger partial charge is 0.429 e. The number of rotatable bonds is 2. The van der Waals surface area contributed by atoms with Crippen molar-refractivity contribution in [2.45, 2.75) is 13.2 Å². The summed E-state index contributed by atoms with van der Waals surface area (Å²) in [5.74, 6) is -0.380. The molecule has 0 aliphatic carbocycles. The van der Waals surface area contributed by atoms with Gasteiger partial charge in [0, 0.05) is 0 Å². The highest BCUT2D eigenvalue weighted by Crippen LogP contribution is 2.10. The summed E-state index contributed by atoms with van der Waals surface area (Å²) in [5, 5.41) is 0. The van der Waals surface area contributed by atoms with Gasteiger partial charge >= 0.3 is 5.97 Å². The maximum Gasteiger partial charge on any atom is 0.340 e. The van der Waals surface area contributed by atoms with Gasteiger partial charge in [0.2, 0.25) is 6.29 Å². The van der Waals surface area contributed by atoms with Crippen LogP contribution in [0, 0.1) is 6.92 Å². The Hall–Kier alpha value is -1.39. The number of esters is 1. The molecule has 0 amide bonds. The number of carbonyl (C=O) groups excluding carboxylic acids is 1. The van der Waals surface area contributed by atoms with Crippen molar-refractivity contribution in [1.82, 2.24) is 0 Å². The molecule has 0 aromatic heterocycles. The van der Waals surface area contributed by atoms with Crippen molar-refractivity contribution in [1.29, 1.82) is 0 Å². The fourth-order valence-electron chi connectivity index (χ4n) is 1.34. The lowest BCUT2D eigenvalue weighted by molar-refractivity contribution is -0.0752. The van der Waals surface area contributed by atoms with Crippen LogP contribution in [0.3, 0.4) is 0 Å². The fourth-order valence-corrected chi connectivity index (χ4v) is 1.34. The summed E-state index contributed by atoms with van der Waals surface area (Å²) in [6.45, 7) is 2.41. The molecule has 0 radical (unpaired) electrons. The SMILES string of the molecule is Cc1cccc(C(=O)OC2COCO2)c1. The molecule has 0 spiro atoms. The zero-order valence-electron chi connectivity index (χ0n) is 8.43. The Kier molecular flexibility index (Phi) is 2.99. The van der Waals surface area contributed by atoms with Crippen molar-refractivity contribution in [3.63, 3.8) is 0 Å². The first kappa shape index (κ1) is 10.1. The number of benzene rings is 1. The first-order valence-corrected chi connectivity index (χ1v) is 4.73. The van der Waals surface area contributed by atoms with E-state index in [0.29, 0.717) is 12.2 Å². The molecule has 0 saturated carbocycles. The molecule has 1 unspecified atom stereocenters. The maximum absolute atomic E-state index is 11.6. The highest BCUT2D eigenvalue weighted by Gasteiger charge is 2.21. The minimum atomic E-state index is -0.571. The molecule has 4 nitrogen and oxygen atoms in total. The zero-order chi connectivity index (χ0) is 10.7. The topological polar surface area (TPSA) is 44.8 Å². The summed E-state index contributed by atoms with van der Waals surface area (Å²) in [4.78, 5) is 11.6. The smallest absolute Gasteiger partial charge is 0.340 e. The van der Waals surface area contributed by atoms with E-state index in [-0.39, 0.29) is 12.8 Å². The van der Waals surface area contributed by atoms with Crippen LogP contribution in [0.25, 0.3) is 0 Å². The van der Waals surface area contributed by atoms with Crippen molar-refractivity contribution in [3.05, 3.63) is 35.4 Å². The van der Waals surface area contributed by atoms with Crippen LogP contribution in [0.2, 0.25) is 0 Å². The van der Waals surface area contributed by atoms with Crippen molar-refractivity contribution >= 4 is 5.97 Å². The first-order chi connectivity index (χ1) is 7.25. The lowest BCUT2D eigenvalue weighted by Gasteiger charge is -2.09. The molecule has 1 aromatic rings. The molecular formula is C11H12O4. The average molecular weight is 208 g/mol.